The molecule has 34 heavy (non-hydrogen) atoms. The molecule has 4 heteroatoms. The Morgan fingerprint density at radius 2 is 1.76 bits per heavy atom. The smallest absolute Gasteiger partial charge is 0.330 e. The van der Waals surface area contributed by atoms with Gasteiger partial charge in [0.25, 0.3) is 0 Å². The van der Waals surface area contributed by atoms with Crippen molar-refractivity contribution >= 4 is 5.97 Å². The fourth-order valence-electron chi connectivity index (χ4n) is 9.44. The highest BCUT2D eigenvalue weighted by atomic mass is 16.4. The van der Waals surface area contributed by atoms with Crippen LogP contribution < -0.4 is 0 Å². The van der Waals surface area contributed by atoms with E-state index in [-0.39, 0.29) is 27.8 Å². The SMILES string of the molecule is C/C(=C\CCC(C)C1CCC2(C)C3=C(CCC12C)C1(C)CCC(O)C(C)(C)C1CC3O)C(=O)O. The summed E-state index contributed by atoms with van der Waals surface area (Å²) >= 11 is 0. The summed E-state index contributed by atoms with van der Waals surface area (Å²) in [6, 6.07) is 0. The molecule has 0 bridgehead atoms. The first-order chi connectivity index (χ1) is 15.7. The Hall–Kier alpha value is -1.13. The van der Waals surface area contributed by atoms with E-state index in [0.717, 1.165) is 44.9 Å². The van der Waals surface area contributed by atoms with Crippen LogP contribution >= 0.6 is 0 Å². The van der Waals surface area contributed by atoms with Gasteiger partial charge < -0.3 is 15.3 Å². The number of hydrogen-bond acceptors (Lipinski definition) is 3. The van der Waals surface area contributed by atoms with Crippen LogP contribution in [0.25, 0.3) is 0 Å². The molecular formula is C30H48O4. The van der Waals surface area contributed by atoms with E-state index in [1.165, 1.54) is 24.0 Å². The van der Waals surface area contributed by atoms with Crippen LogP contribution in [0.15, 0.2) is 22.8 Å². The lowest BCUT2D eigenvalue weighted by Gasteiger charge is -2.63. The van der Waals surface area contributed by atoms with Crippen LogP contribution in [-0.4, -0.2) is 33.5 Å². The second kappa shape index (κ2) is 8.47. The number of hydrogen-bond donors (Lipinski definition) is 3. The molecule has 0 aromatic rings. The molecule has 0 radical (unpaired) electrons. The van der Waals surface area contributed by atoms with Gasteiger partial charge in [-0.15, -0.1) is 0 Å². The highest BCUT2D eigenvalue weighted by Gasteiger charge is 2.65. The summed E-state index contributed by atoms with van der Waals surface area (Å²) in [6.07, 6.45) is 10.2. The summed E-state index contributed by atoms with van der Waals surface area (Å²) in [7, 11) is 0. The molecule has 2 fully saturated rings. The lowest BCUT2D eigenvalue weighted by Crippen LogP contribution is -2.57. The molecule has 0 aliphatic heterocycles. The average Bonchev–Trinajstić information content (AvgIpc) is 3.04. The topological polar surface area (TPSA) is 77.8 Å². The molecule has 0 amide bonds. The number of fused-ring (bicyclic) bond motifs is 4. The van der Waals surface area contributed by atoms with Crippen LogP contribution in [0.5, 0.6) is 0 Å². The van der Waals surface area contributed by atoms with Crippen LogP contribution in [0.1, 0.15) is 106 Å². The summed E-state index contributed by atoms with van der Waals surface area (Å²) < 4.78 is 0. The lowest BCUT2D eigenvalue weighted by atomic mass is 9.42. The summed E-state index contributed by atoms with van der Waals surface area (Å²) in [5.41, 5.74) is 3.40. The Bertz CT molecular complexity index is 899. The standard InChI is InChI=1S/C30H48O4/c1-18(9-8-10-19(2)26(33)34)20-11-16-30(7)25-21(12-15-29(20,30)6)28(5)14-13-24(32)27(3,4)23(28)17-22(25)31/h10,18,20,22-24,31-32H,8-9,11-17H2,1-7H3,(H,33,34)/b19-10+. The van der Waals surface area contributed by atoms with E-state index in [4.69, 9.17) is 5.11 Å². The number of aliphatic hydroxyl groups is 2. The summed E-state index contributed by atoms with van der Waals surface area (Å²) in [6.45, 7) is 15.8. The molecule has 4 rings (SSSR count). The minimum absolute atomic E-state index is 0.0138. The van der Waals surface area contributed by atoms with Gasteiger partial charge in [0, 0.05) is 5.57 Å². The van der Waals surface area contributed by atoms with Gasteiger partial charge in [0.05, 0.1) is 12.2 Å². The van der Waals surface area contributed by atoms with Gasteiger partial charge in [-0.1, -0.05) is 53.2 Å². The van der Waals surface area contributed by atoms with Gasteiger partial charge in [-0.3, -0.25) is 0 Å². The molecule has 0 aromatic heterocycles. The molecule has 3 N–H and O–H groups in total. The number of rotatable bonds is 5. The predicted molar refractivity (Wildman–Crippen MR) is 136 cm³/mol. The first-order valence-electron chi connectivity index (χ1n) is 13.7. The Morgan fingerprint density at radius 1 is 1.09 bits per heavy atom. The summed E-state index contributed by atoms with van der Waals surface area (Å²) in [5, 5.41) is 31.7. The van der Waals surface area contributed by atoms with Crippen LogP contribution in [0.4, 0.5) is 0 Å². The molecule has 0 heterocycles. The number of allylic oxidation sites excluding steroid dienone is 2. The van der Waals surface area contributed by atoms with Gasteiger partial charge in [-0.2, -0.15) is 0 Å². The second-order valence-corrected chi connectivity index (χ2v) is 13.6. The minimum Gasteiger partial charge on any atom is -0.478 e. The molecule has 2 saturated carbocycles. The fourth-order valence-corrected chi connectivity index (χ4v) is 9.44. The molecule has 4 aliphatic carbocycles. The van der Waals surface area contributed by atoms with Crippen molar-refractivity contribution in [1.82, 2.24) is 0 Å². The lowest BCUT2D eigenvalue weighted by molar-refractivity contribution is -0.132. The largest absolute Gasteiger partial charge is 0.478 e. The quantitative estimate of drug-likeness (QED) is 0.315. The van der Waals surface area contributed by atoms with Crippen molar-refractivity contribution in [3.05, 3.63) is 22.8 Å². The fraction of sp³-hybridized carbons (Fsp3) is 0.833. The molecule has 0 saturated heterocycles. The summed E-state index contributed by atoms with van der Waals surface area (Å²) in [4.78, 5) is 11.2. The van der Waals surface area contributed by atoms with E-state index in [0.29, 0.717) is 23.3 Å². The molecule has 8 unspecified atom stereocenters. The molecule has 4 nitrogen and oxygen atoms in total. The van der Waals surface area contributed by atoms with Crippen LogP contribution in [-0.2, 0) is 4.79 Å². The van der Waals surface area contributed by atoms with E-state index in [1.807, 2.05) is 6.08 Å². The van der Waals surface area contributed by atoms with Crippen molar-refractivity contribution in [1.29, 1.82) is 0 Å². The zero-order valence-corrected chi connectivity index (χ0v) is 22.6. The summed E-state index contributed by atoms with van der Waals surface area (Å²) in [5.74, 6) is 0.606. The first kappa shape index (κ1) is 25.9. The highest BCUT2D eigenvalue weighted by Crippen LogP contribution is 2.72. The molecule has 0 spiro atoms. The Kier molecular flexibility index (Phi) is 6.47. The van der Waals surface area contributed by atoms with Gasteiger partial charge in [0.15, 0.2) is 0 Å². The van der Waals surface area contributed by atoms with Crippen molar-refractivity contribution in [2.75, 3.05) is 0 Å². The normalized spacial score (nSPS) is 44.8. The Morgan fingerprint density at radius 3 is 2.41 bits per heavy atom. The maximum atomic E-state index is 11.7. The van der Waals surface area contributed by atoms with E-state index < -0.39 is 12.1 Å². The zero-order chi connectivity index (χ0) is 25.3. The first-order valence-corrected chi connectivity index (χ1v) is 13.7. The predicted octanol–water partition coefficient (Wildman–Crippen LogP) is 6.51. The Balaban J connectivity index is 1.65. The molecule has 8 atom stereocenters. The number of carbonyl (C=O) groups is 1. The van der Waals surface area contributed by atoms with Gasteiger partial charge in [-0.25, -0.2) is 4.79 Å². The van der Waals surface area contributed by atoms with Crippen LogP contribution in [0.2, 0.25) is 0 Å². The van der Waals surface area contributed by atoms with E-state index in [1.54, 1.807) is 6.92 Å². The molecule has 4 aliphatic rings. The number of aliphatic carboxylic acids is 1. The Labute approximate surface area is 206 Å². The average molecular weight is 473 g/mol. The monoisotopic (exact) mass is 472 g/mol. The van der Waals surface area contributed by atoms with Gasteiger partial charge >= 0.3 is 5.97 Å². The molecule has 0 aromatic carbocycles. The minimum atomic E-state index is -0.823. The highest BCUT2D eigenvalue weighted by molar-refractivity contribution is 5.85. The van der Waals surface area contributed by atoms with Crippen molar-refractivity contribution in [3.63, 3.8) is 0 Å². The van der Waals surface area contributed by atoms with Crippen molar-refractivity contribution in [3.8, 4) is 0 Å². The van der Waals surface area contributed by atoms with Gasteiger partial charge in [0.1, 0.15) is 0 Å². The third-order valence-corrected chi connectivity index (χ3v) is 11.9. The number of carboxylic acids is 1. The maximum absolute atomic E-state index is 11.7. The van der Waals surface area contributed by atoms with E-state index in [9.17, 15) is 15.0 Å². The zero-order valence-electron chi connectivity index (χ0n) is 22.6. The van der Waals surface area contributed by atoms with E-state index in [2.05, 4.69) is 41.5 Å². The van der Waals surface area contributed by atoms with Crippen molar-refractivity contribution in [2.24, 2.45) is 39.4 Å². The second-order valence-electron chi connectivity index (χ2n) is 13.6. The number of aliphatic hydroxyl groups excluding tert-OH is 2. The third kappa shape index (κ3) is 3.57. The number of carboxylic acid groups (broad SMARTS) is 1. The van der Waals surface area contributed by atoms with E-state index >= 15 is 0 Å². The van der Waals surface area contributed by atoms with Gasteiger partial charge in [-0.05, 0) is 110 Å². The van der Waals surface area contributed by atoms with Crippen LogP contribution in [0, 0.1) is 39.4 Å². The maximum Gasteiger partial charge on any atom is 0.330 e. The van der Waals surface area contributed by atoms with Crippen LogP contribution in [0.3, 0.4) is 0 Å². The molecule has 192 valence electrons. The van der Waals surface area contributed by atoms with Gasteiger partial charge in [0.2, 0.25) is 0 Å². The van der Waals surface area contributed by atoms with Crippen molar-refractivity contribution < 1.29 is 20.1 Å². The molecular weight excluding hydrogens is 424 g/mol. The van der Waals surface area contributed by atoms with Crippen molar-refractivity contribution in [2.45, 2.75) is 118 Å². The third-order valence-electron chi connectivity index (χ3n) is 11.9.